The van der Waals surface area contributed by atoms with Crippen molar-refractivity contribution in [2.75, 3.05) is 24.6 Å². The number of likely N-dealkylation sites (tertiary alicyclic amines) is 1. The van der Waals surface area contributed by atoms with Gasteiger partial charge in [0.2, 0.25) is 5.91 Å². The van der Waals surface area contributed by atoms with Gasteiger partial charge in [0, 0.05) is 22.7 Å². The number of nitrogens with zero attached hydrogens (tertiary/aromatic N) is 1. The molecule has 2 rings (SSSR count). The van der Waals surface area contributed by atoms with Crippen molar-refractivity contribution in [2.45, 2.75) is 25.8 Å². The van der Waals surface area contributed by atoms with Crippen LogP contribution in [0.3, 0.4) is 0 Å². The van der Waals surface area contributed by atoms with Gasteiger partial charge in [0.1, 0.15) is 0 Å². The van der Waals surface area contributed by atoms with Crippen LogP contribution in [0.25, 0.3) is 0 Å². The quantitative estimate of drug-likeness (QED) is 0.756. The Morgan fingerprint density at radius 3 is 2.46 bits per heavy atom. The monoisotopic (exact) mass is 390 g/mol. The molecule has 0 aromatic heterocycles. The topological polar surface area (TPSA) is 63.4 Å². The van der Waals surface area contributed by atoms with Crippen LogP contribution in [0.5, 0.6) is 0 Å². The standard InChI is InChI=1S/C17H23ClN2O2S.ClH/c1-17(2)13(9-19)7-8-20(17)16(22)11-23-10-15(21)12-3-5-14(18)6-4-12;/h3-6,13H,7-11,19H2,1-2H3;1H. The third kappa shape index (κ3) is 4.88. The van der Waals surface area contributed by atoms with Crippen molar-refractivity contribution in [2.24, 2.45) is 11.7 Å². The number of hydrogen-bond donors (Lipinski definition) is 1. The first-order chi connectivity index (χ1) is 10.9. The zero-order valence-electron chi connectivity index (χ0n) is 14.0. The van der Waals surface area contributed by atoms with Crippen LogP contribution in [0, 0.1) is 5.92 Å². The second kappa shape index (κ2) is 9.09. The van der Waals surface area contributed by atoms with Gasteiger partial charge in [-0.2, -0.15) is 0 Å². The molecule has 1 heterocycles. The first kappa shape index (κ1) is 21.3. The van der Waals surface area contributed by atoms with E-state index in [1.807, 2.05) is 4.90 Å². The fraction of sp³-hybridized carbons (Fsp3) is 0.529. The molecule has 1 aromatic rings. The number of nitrogens with two attached hydrogens (primary N) is 1. The minimum absolute atomic E-state index is 0. The van der Waals surface area contributed by atoms with E-state index < -0.39 is 0 Å². The Hall–Kier alpha value is -0.750. The number of Topliss-reactive ketones (excluding diaryl/α,β-unsaturated/α-hetero) is 1. The maximum atomic E-state index is 12.4. The molecule has 0 spiro atoms. The Morgan fingerprint density at radius 1 is 1.29 bits per heavy atom. The van der Waals surface area contributed by atoms with Gasteiger partial charge in [-0.1, -0.05) is 11.6 Å². The first-order valence-electron chi connectivity index (χ1n) is 7.73. The zero-order valence-corrected chi connectivity index (χ0v) is 16.3. The maximum absolute atomic E-state index is 12.4. The lowest BCUT2D eigenvalue weighted by atomic mass is 9.88. The Labute approximate surface area is 158 Å². The van der Waals surface area contributed by atoms with E-state index in [-0.39, 0.29) is 29.6 Å². The highest BCUT2D eigenvalue weighted by molar-refractivity contribution is 8.00. The molecule has 1 aliphatic rings. The van der Waals surface area contributed by atoms with Crippen LogP contribution in [0.2, 0.25) is 5.02 Å². The fourth-order valence-corrected chi connectivity index (χ4v) is 3.94. The molecule has 7 heteroatoms. The van der Waals surface area contributed by atoms with E-state index >= 15 is 0 Å². The van der Waals surface area contributed by atoms with Crippen LogP contribution in [-0.4, -0.2) is 46.7 Å². The number of carbonyl (C=O) groups excluding carboxylic acids is 2. The molecule has 0 radical (unpaired) electrons. The van der Waals surface area contributed by atoms with Crippen molar-refractivity contribution in [1.29, 1.82) is 0 Å². The van der Waals surface area contributed by atoms with E-state index in [0.717, 1.165) is 13.0 Å². The molecule has 1 saturated heterocycles. The number of benzene rings is 1. The van der Waals surface area contributed by atoms with E-state index in [1.165, 1.54) is 11.8 Å². The smallest absolute Gasteiger partial charge is 0.233 e. The molecular weight excluding hydrogens is 367 g/mol. The van der Waals surface area contributed by atoms with E-state index in [9.17, 15) is 9.59 Å². The summed E-state index contributed by atoms with van der Waals surface area (Å²) in [6.07, 6.45) is 0.948. The first-order valence-corrected chi connectivity index (χ1v) is 9.26. The van der Waals surface area contributed by atoms with Gasteiger partial charge in [-0.25, -0.2) is 0 Å². The van der Waals surface area contributed by atoms with E-state index in [4.69, 9.17) is 17.3 Å². The van der Waals surface area contributed by atoms with Crippen LogP contribution >= 0.6 is 35.8 Å². The number of thioether (sulfide) groups is 1. The number of ketones is 1. The number of amides is 1. The summed E-state index contributed by atoms with van der Waals surface area (Å²) >= 11 is 7.17. The van der Waals surface area contributed by atoms with Crippen molar-refractivity contribution in [3.05, 3.63) is 34.9 Å². The molecule has 1 aliphatic heterocycles. The van der Waals surface area contributed by atoms with Gasteiger partial charge in [-0.15, -0.1) is 24.2 Å². The van der Waals surface area contributed by atoms with E-state index in [0.29, 0.717) is 34.6 Å². The molecule has 134 valence electrons. The normalized spacial score (nSPS) is 19.0. The Kier molecular flexibility index (Phi) is 8.06. The molecule has 1 unspecified atom stereocenters. The lowest BCUT2D eigenvalue weighted by Gasteiger charge is -2.35. The number of carbonyl (C=O) groups is 2. The Balaban J connectivity index is 0.00000288. The SMILES string of the molecule is CC1(C)C(CN)CCN1C(=O)CSCC(=O)c1ccc(Cl)cc1.Cl. The van der Waals surface area contributed by atoms with Crippen LogP contribution < -0.4 is 5.73 Å². The third-order valence-electron chi connectivity index (χ3n) is 4.61. The van der Waals surface area contributed by atoms with Crippen molar-refractivity contribution in [1.82, 2.24) is 4.90 Å². The summed E-state index contributed by atoms with van der Waals surface area (Å²) in [6.45, 7) is 5.48. The zero-order chi connectivity index (χ0) is 17.0. The minimum Gasteiger partial charge on any atom is -0.337 e. The lowest BCUT2D eigenvalue weighted by Crippen LogP contribution is -2.48. The van der Waals surface area contributed by atoms with Crippen LogP contribution in [-0.2, 0) is 4.79 Å². The average molecular weight is 391 g/mol. The summed E-state index contributed by atoms with van der Waals surface area (Å²) in [5, 5.41) is 0.607. The Bertz CT molecular complexity index is 578. The van der Waals surface area contributed by atoms with Crippen molar-refractivity contribution >= 4 is 47.5 Å². The molecule has 0 aliphatic carbocycles. The van der Waals surface area contributed by atoms with Gasteiger partial charge in [-0.05, 0) is 57.0 Å². The van der Waals surface area contributed by atoms with Gasteiger partial charge in [0.05, 0.1) is 11.5 Å². The van der Waals surface area contributed by atoms with Gasteiger partial charge in [0.15, 0.2) is 5.78 Å². The van der Waals surface area contributed by atoms with Gasteiger partial charge in [0.25, 0.3) is 0 Å². The number of halogens is 2. The number of rotatable bonds is 6. The van der Waals surface area contributed by atoms with Crippen LogP contribution in [0.1, 0.15) is 30.6 Å². The molecule has 1 aromatic carbocycles. The second-order valence-electron chi connectivity index (χ2n) is 6.34. The van der Waals surface area contributed by atoms with E-state index in [1.54, 1.807) is 24.3 Å². The summed E-state index contributed by atoms with van der Waals surface area (Å²) < 4.78 is 0. The molecule has 0 bridgehead atoms. The number of hydrogen-bond acceptors (Lipinski definition) is 4. The van der Waals surface area contributed by atoms with Gasteiger partial charge < -0.3 is 10.6 Å². The Morgan fingerprint density at radius 2 is 1.92 bits per heavy atom. The summed E-state index contributed by atoms with van der Waals surface area (Å²) in [7, 11) is 0. The van der Waals surface area contributed by atoms with Crippen molar-refractivity contribution in [3.8, 4) is 0 Å². The largest absolute Gasteiger partial charge is 0.337 e. The van der Waals surface area contributed by atoms with E-state index in [2.05, 4.69) is 13.8 Å². The predicted molar refractivity (Wildman–Crippen MR) is 103 cm³/mol. The maximum Gasteiger partial charge on any atom is 0.233 e. The van der Waals surface area contributed by atoms with Crippen molar-refractivity contribution in [3.63, 3.8) is 0 Å². The summed E-state index contributed by atoms with van der Waals surface area (Å²) in [5.41, 5.74) is 6.21. The van der Waals surface area contributed by atoms with Crippen molar-refractivity contribution < 1.29 is 9.59 Å². The fourth-order valence-electron chi connectivity index (χ4n) is 3.03. The summed E-state index contributed by atoms with van der Waals surface area (Å²) in [4.78, 5) is 26.4. The molecule has 1 fully saturated rings. The predicted octanol–water partition coefficient (Wildman–Crippen LogP) is 3.26. The van der Waals surface area contributed by atoms with Crippen LogP contribution in [0.15, 0.2) is 24.3 Å². The molecule has 24 heavy (non-hydrogen) atoms. The third-order valence-corrected chi connectivity index (χ3v) is 5.78. The average Bonchev–Trinajstić information content (AvgIpc) is 2.82. The summed E-state index contributed by atoms with van der Waals surface area (Å²) in [5.74, 6) is 1.05. The summed E-state index contributed by atoms with van der Waals surface area (Å²) in [6, 6.07) is 6.82. The molecule has 2 N–H and O–H groups in total. The second-order valence-corrected chi connectivity index (χ2v) is 7.77. The molecule has 1 atom stereocenters. The minimum atomic E-state index is -0.202. The highest BCUT2D eigenvalue weighted by Gasteiger charge is 2.42. The molecule has 0 saturated carbocycles. The van der Waals surface area contributed by atoms with Gasteiger partial charge >= 0.3 is 0 Å². The van der Waals surface area contributed by atoms with Crippen LogP contribution in [0.4, 0.5) is 0 Å². The molecule has 1 amide bonds. The van der Waals surface area contributed by atoms with Gasteiger partial charge in [-0.3, -0.25) is 9.59 Å². The highest BCUT2D eigenvalue weighted by atomic mass is 35.5. The molecule has 4 nitrogen and oxygen atoms in total. The highest BCUT2D eigenvalue weighted by Crippen LogP contribution is 2.34. The lowest BCUT2D eigenvalue weighted by molar-refractivity contribution is -0.132. The molecular formula is C17H24Cl2N2O2S.